The summed E-state index contributed by atoms with van der Waals surface area (Å²) < 4.78 is 5.65. The minimum Gasteiger partial charge on any atom is -0.377 e. The van der Waals surface area contributed by atoms with Gasteiger partial charge in [0.05, 0.1) is 24.2 Å². The Labute approximate surface area is 187 Å². The van der Waals surface area contributed by atoms with Gasteiger partial charge in [-0.1, -0.05) is 60.7 Å². The van der Waals surface area contributed by atoms with E-state index in [1.165, 1.54) is 0 Å². The third-order valence-corrected chi connectivity index (χ3v) is 5.28. The first-order chi connectivity index (χ1) is 15.1. The highest BCUT2D eigenvalue weighted by Crippen LogP contribution is 2.30. The monoisotopic (exact) mass is 417 g/mol. The SMILES string of the molecule is C=C(C)COCCCCN(c1cnc(-c2ccccc2)c(C2=CCCC=C2)n1)C(C)C. The van der Waals surface area contributed by atoms with Crippen LogP contribution in [0.2, 0.25) is 0 Å². The van der Waals surface area contributed by atoms with E-state index in [0.717, 1.165) is 72.8 Å². The number of unbranched alkanes of at least 4 members (excludes halogenated alkanes) is 1. The standard InChI is InChI=1S/C27H35N3O/c1-21(2)20-31-18-12-11-17-30(22(3)4)25-19-28-26(23-13-7-5-8-14-23)27(29-25)24-15-9-6-10-16-24/h5,7-9,13-16,19,22H,1,6,10-12,17-18,20H2,2-4H3. The molecule has 1 aromatic carbocycles. The lowest BCUT2D eigenvalue weighted by atomic mass is 9.99. The molecule has 4 nitrogen and oxygen atoms in total. The lowest BCUT2D eigenvalue weighted by Crippen LogP contribution is -2.33. The first-order valence-corrected chi connectivity index (χ1v) is 11.3. The third-order valence-electron chi connectivity index (χ3n) is 5.28. The van der Waals surface area contributed by atoms with Crippen LogP contribution < -0.4 is 4.90 Å². The zero-order valence-corrected chi connectivity index (χ0v) is 19.2. The molecule has 31 heavy (non-hydrogen) atoms. The van der Waals surface area contributed by atoms with Gasteiger partial charge < -0.3 is 9.64 Å². The molecule has 0 radical (unpaired) electrons. The van der Waals surface area contributed by atoms with Crippen molar-refractivity contribution in [2.75, 3.05) is 24.7 Å². The van der Waals surface area contributed by atoms with Crippen molar-refractivity contribution in [2.45, 2.75) is 52.5 Å². The van der Waals surface area contributed by atoms with Gasteiger partial charge in [0, 0.05) is 24.8 Å². The molecule has 1 heterocycles. The zero-order valence-electron chi connectivity index (χ0n) is 19.2. The molecule has 2 aromatic rings. The average Bonchev–Trinajstić information content (AvgIpc) is 2.79. The van der Waals surface area contributed by atoms with Gasteiger partial charge in [0.1, 0.15) is 5.82 Å². The Morgan fingerprint density at radius 2 is 1.94 bits per heavy atom. The van der Waals surface area contributed by atoms with Crippen molar-refractivity contribution in [2.24, 2.45) is 0 Å². The summed E-state index contributed by atoms with van der Waals surface area (Å²) in [5, 5.41) is 0. The maximum absolute atomic E-state index is 5.65. The van der Waals surface area contributed by atoms with Crippen molar-refractivity contribution in [1.29, 1.82) is 0 Å². The molecular formula is C27H35N3O. The Kier molecular flexibility index (Phi) is 8.60. The van der Waals surface area contributed by atoms with Gasteiger partial charge in [-0.3, -0.25) is 4.98 Å². The Hall–Kier alpha value is -2.72. The van der Waals surface area contributed by atoms with Crippen LogP contribution in [0.5, 0.6) is 0 Å². The molecule has 3 rings (SSSR count). The highest BCUT2D eigenvalue weighted by molar-refractivity contribution is 5.82. The molecule has 0 aliphatic heterocycles. The van der Waals surface area contributed by atoms with Crippen LogP contribution in [0.3, 0.4) is 0 Å². The first-order valence-electron chi connectivity index (χ1n) is 11.3. The highest BCUT2D eigenvalue weighted by Gasteiger charge is 2.18. The molecule has 0 N–H and O–H groups in total. The Morgan fingerprint density at radius 3 is 2.61 bits per heavy atom. The van der Waals surface area contributed by atoms with E-state index < -0.39 is 0 Å². The Balaban J connectivity index is 1.81. The molecule has 0 saturated carbocycles. The predicted molar refractivity (Wildman–Crippen MR) is 131 cm³/mol. The molecule has 164 valence electrons. The molecule has 0 saturated heterocycles. The van der Waals surface area contributed by atoms with Crippen molar-refractivity contribution < 1.29 is 4.74 Å². The normalized spacial score (nSPS) is 13.4. The Morgan fingerprint density at radius 1 is 1.13 bits per heavy atom. The second-order valence-corrected chi connectivity index (χ2v) is 8.43. The van der Waals surface area contributed by atoms with Crippen LogP contribution in [0.15, 0.2) is 66.9 Å². The number of hydrogen-bond donors (Lipinski definition) is 0. The smallest absolute Gasteiger partial charge is 0.148 e. The minimum absolute atomic E-state index is 0.344. The maximum atomic E-state index is 5.65. The summed E-state index contributed by atoms with van der Waals surface area (Å²) in [5.74, 6) is 0.937. The number of ether oxygens (including phenoxy) is 1. The van der Waals surface area contributed by atoms with E-state index in [0.29, 0.717) is 12.6 Å². The number of rotatable bonds is 11. The number of aromatic nitrogens is 2. The van der Waals surface area contributed by atoms with Crippen molar-refractivity contribution in [3.8, 4) is 11.3 Å². The van der Waals surface area contributed by atoms with Crippen LogP contribution in [-0.2, 0) is 4.74 Å². The van der Waals surface area contributed by atoms with Gasteiger partial charge in [0.15, 0.2) is 0 Å². The van der Waals surface area contributed by atoms with Crippen LogP contribution in [0, 0.1) is 0 Å². The second kappa shape index (κ2) is 11.6. The lowest BCUT2D eigenvalue weighted by molar-refractivity contribution is 0.152. The largest absolute Gasteiger partial charge is 0.377 e. The fourth-order valence-corrected chi connectivity index (χ4v) is 3.69. The van der Waals surface area contributed by atoms with E-state index >= 15 is 0 Å². The minimum atomic E-state index is 0.344. The van der Waals surface area contributed by atoms with E-state index in [1.807, 2.05) is 19.2 Å². The van der Waals surface area contributed by atoms with Crippen LogP contribution >= 0.6 is 0 Å². The number of allylic oxidation sites excluding steroid dienone is 4. The zero-order chi connectivity index (χ0) is 22.1. The van der Waals surface area contributed by atoms with E-state index in [1.54, 1.807) is 0 Å². The molecule has 0 spiro atoms. The highest BCUT2D eigenvalue weighted by atomic mass is 16.5. The number of anilines is 1. The lowest BCUT2D eigenvalue weighted by Gasteiger charge is -2.28. The second-order valence-electron chi connectivity index (χ2n) is 8.43. The average molecular weight is 418 g/mol. The van der Waals surface area contributed by atoms with Crippen molar-refractivity contribution in [3.63, 3.8) is 0 Å². The fraction of sp³-hybridized carbons (Fsp3) is 0.407. The van der Waals surface area contributed by atoms with Crippen LogP contribution in [0.4, 0.5) is 5.82 Å². The van der Waals surface area contributed by atoms with Gasteiger partial charge in [0.2, 0.25) is 0 Å². The molecular weight excluding hydrogens is 382 g/mol. The quantitative estimate of drug-likeness (QED) is 0.310. The number of nitrogens with zero attached hydrogens (tertiary/aromatic N) is 3. The van der Waals surface area contributed by atoms with E-state index in [2.05, 4.69) is 67.8 Å². The van der Waals surface area contributed by atoms with Crippen LogP contribution in [0.25, 0.3) is 16.8 Å². The molecule has 0 unspecified atom stereocenters. The third kappa shape index (κ3) is 6.63. The number of hydrogen-bond acceptors (Lipinski definition) is 4. The fourth-order valence-electron chi connectivity index (χ4n) is 3.69. The van der Waals surface area contributed by atoms with Gasteiger partial charge >= 0.3 is 0 Å². The maximum Gasteiger partial charge on any atom is 0.148 e. The van der Waals surface area contributed by atoms with Gasteiger partial charge in [-0.25, -0.2) is 4.98 Å². The summed E-state index contributed by atoms with van der Waals surface area (Å²) in [5.41, 5.74) is 5.24. The van der Waals surface area contributed by atoms with E-state index in [-0.39, 0.29) is 0 Å². The van der Waals surface area contributed by atoms with Gasteiger partial charge in [-0.2, -0.15) is 0 Å². The molecule has 4 heteroatoms. The molecule has 0 atom stereocenters. The summed E-state index contributed by atoms with van der Waals surface area (Å²) >= 11 is 0. The predicted octanol–water partition coefficient (Wildman–Crippen LogP) is 6.46. The van der Waals surface area contributed by atoms with Crippen molar-refractivity contribution >= 4 is 11.4 Å². The summed E-state index contributed by atoms with van der Waals surface area (Å²) in [6.07, 6.45) is 12.8. The van der Waals surface area contributed by atoms with Crippen molar-refractivity contribution in [1.82, 2.24) is 9.97 Å². The molecule has 1 aliphatic rings. The van der Waals surface area contributed by atoms with Gasteiger partial charge in [0.25, 0.3) is 0 Å². The molecule has 1 aromatic heterocycles. The van der Waals surface area contributed by atoms with E-state index in [4.69, 9.17) is 14.7 Å². The summed E-state index contributed by atoms with van der Waals surface area (Å²) in [6.45, 7) is 12.6. The Bertz CT molecular complexity index is 915. The van der Waals surface area contributed by atoms with Crippen LogP contribution in [0.1, 0.15) is 52.1 Å². The molecule has 1 aliphatic carbocycles. The molecule has 0 bridgehead atoms. The number of benzene rings is 1. The van der Waals surface area contributed by atoms with Crippen molar-refractivity contribution in [3.05, 3.63) is 72.6 Å². The summed E-state index contributed by atoms with van der Waals surface area (Å²) in [6, 6.07) is 10.7. The molecule has 0 fully saturated rings. The topological polar surface area (TPSA) is 38.2 Å². The first kappa shape index (κ1) is 23.0. The van der Waals surface area contributed by atoms with Gasteiger partial charge in [-0.15, -0.1) is 0 Å². The van der Waals surface area contributed by atoms with E-state index in [9.17, 15) is 0 Å². The van der Waals surface area contributed by atoms with Crippen LogP contribution in [-0.4, -0.2) is 35.8 Å². The summed E-state index contributed by atoms with van der Waals surface area (Å²) in [4.78, 5) is 12.4. The summed E-state index contributed by atoms with van der Waals surface area (Å²) in [7, 11) is 0. The molecule has 0 amide bonds. The van der Waals surface area contributed by atoms with Gasteiger partial charge in [-0.05, 0) is 52.0 Å².